The Bertz CT molecular complexity index is 712. The van der Waals surface area contributed by atoms with Gasteiger partial charge in [-0.05, 0) is 0 Å². The van der Waals surface area contributed by atoms with Crippen LogP contribution >= 0.6 is 15.9 Å². The quantitative estimate of drug-likeness (QED) is 0.438. The summed E-state index contributed by atoms with van der Waals surface area (Å²) < 4.78 is 144. The molecule has 0 spiro atoms. The summed E-state index contributed by atoms with van der Waals surface area (Å²) in [4.78, 5) is 11.1. The van der Waals surface area contributed by atoms with E-state index in [0.29, 0.717) is 13.1 Å². The molecular formula is C11H6BrF11N2O2. The molecule has 27 heavy (non-hydrogen) atoms. The van der Waals surface area contributed by atoms with Crippen LogP contribution in [0.25, 0.3) is 0 Å². The van der Waals surface area contributed by atoms with Crippen LogP contribution in [-0.4, -0.2) is 40.1 Å². The van der Waals surface area contributed by atoms with E-state index in [4.69, 9.17) is 0 Å². The number of ether oxygens (including phenoxy) is 1. The number of aromatic nitrogens is 2. The van der Waals surface area contributed by atoms with Gasteiger partial charge in [0.15, 0.2) is 0 Å². The molecule has 0 radical (unpaired) electrons. The lowest BCUT2D eigenvalue weighted by Crippen LogP contribution is -2.58. The second-order valence-electron chi connectivity index (χ2n) is 4.88. The van der Waals surface area contributed by atoms with Gasteiger partial charge in [-0.2, -0.15) is 53.4 Å². The van der Waals surface area contributed by atoms with Gasteiger partial charge in [-0.1, -0.05) is 15.9 Å². The number of carbonyl (C=O) groups excluding carboxylic acids is 1. The molecule has 1 aromatic heterocycles. The number of alkyl halides is 12. The molecule has 0 aliphatic carbocycles. The molecule has 0 saturated carbocycles. The van der Waals surface area contributed by atoms with E-state index in [1.54, 1.807) is 0 Å². The van der Waals surface area contributed by atoms with E-state index in [-0.39, 0.29) is 4.68 Å². The third-order valence-corrected chi connectivity index (χ3v) is 3.52. The third kappa shape index (κ3) is 4.05. The molecular weight excluding hydrogens is 481 g/mol. The Labute approximate surface area is 150 Å². The molecule has 1 heterocycles. The number of rotatable bonds is 5. The molecule has 0 N–H and O–H groups in total. The first-order valence-electron chi connectivity index (χ1n) is 6.26. The molecule has 0 amide bonds. The zero-order valence-corrected chi connectivity index (χ0v) is 14.1. The van der Waals surface area contributed by atoms with Gasteiger partial charge in [0.05, 0.1) is 0 Å². The van der Waals surface area contributed by atoms with Crippen molar-refractivity contribution in [2.75, 3.05) is 0 Å². The summed E-state index contributed by atoms with van der Waals surface area (Å²) in [5, 5.41) is 1.93. The molecule has 0 aliphatic heterocycles. The number of hydrogen-bond donors (Lipinski definition) is 0. The molecule has 0 bridgehead atoms. The molecule has 0 fully saturated rings. The Morgan fingerprint density at radius 2 is 1.52 bits per heavy atom. The lowest BCUT2D eigenvalue weighted by molar-refractivity contribution is -0.488. The average molecular weight is 487 g/mol. The van der Waals surface area contributed by atoms with Gasteiger partial charge in [0.2, 0.25) is 5.91 Å². The van der Waals surface area contributed by atoms with E-state index < -0.39 is 52.7 Å². The van der Waals surface area contributed by atoms with E-state index in [9.17, 15) is 53.1 Å². The van der Waals surface area contributed by atoms with Gasteiger partial charge < -0.3 is 0 Å². The van der Waals surface area contributed by atoms with Crippen molar-refractivity contribution in [3.8, 4) is 0 Å². The van der Waals surface area contributed by atoms with Crippen molar-refractivity contribution in [3.05, 3.63) is 17.5 Å². The first-order valence-corrected chi connectivity index (χ1v) is 7.38. The monoisotopic (exact) mass is 486 g/mol. The summed E-state index contributed by atoms with van der Waals surface area (Å²) in [6.07, 6.45) is -20.2. The maximum absolute atomic E-state index is 14.4. The van der Waals surface area contributed by atoms with Gasteiger partial charge in [-0.3, -0.25) is 9.53 Å². The highest BCUT2D eigenvalue weighted by atomic mass is 79.9. The molecule has 0 aliphatic rings. The number of halogens is 12. The van der Waals surface area contributed by atoms with Crippen LogP contribution in [-0.2, 0) is 15.9 Å². The molecule has 1 rings (SSSR count). The van der Waals surface area contributed by atoms with Crippen LogP contribution < -0.4 is 0 Å². The van der Waals surface area contributed by atoms with Gasteiger partial charge >= 0.3 is 30.2 Å². The van der Waals surface area contributed by atoms with Gasteiger partial charge in [-0.25, -0.2) is 4.68 Å². The van der Waals surface area contributed by atoms with Crippen molar-refractivity contribution >= 4 is 21.8 Å². The SMILES string of the molecule is CC(=O)n1cc(CBr)c(C(F)(OC(F)(F)C(F)(F)C(F)(F)F)C(F)(F)F)n1. The summed E-state index contributed by atoms with van der Waals surface area (Å²) in [6.45, 7) is 0.704. The standard InChI is InChI=1S/C11H6BrF11N2O2/c1-4(26)25-3-5(2-12)6(24-25)7(13,9(16,17)18)27-11(22,23)8(14,15)10(19,20)21/h3H,2H2,1H3. The van der Waals surface area contributed by atoms with Crippen molar-refractivity contribution in [3.63, 3.8) is 0 Å². The minimum atomic E-state index is -7.18. The molecule has 4 nitrogen and oxygen atoms in total. The lowest BCUT2D eigenvalue weighted by Gasteiger charge is -2.34. The first-order chi connectivity index (χ1) is 11.8. The average Bonchev–Trinajstić information content (AvgIpc) is 2.88. The molecule has 1 aromatic rings. The number of nitrogens with zero attached hydrogens (tertiary/aromatic N) is 2. The van der Waals surface area contributed by atoms with Gasteiger partial charge in [-0.15, -0.1) is 0 Å². The molecule has 156 valence electrons. The van der Waals surface area contributed by atoms with E-state index >= 15 is 0 Å². The lowest BCUT2D eigenvalue weighted by atomic mass is 10.1. The molecule has 0 aromatic carbocycles. The van der Waals surface area contributed by atoms with Crippen molar-refractivity contribution in [1.82, 2.24) is 9.78 Å². The van der Waals surface area contributed by atoms with Crippen LogP contribution in [0.5, 0.6) is 0 Å². The summed E-state index contributed by atoms with van der Waals surface area (Å²) in [6, 6.07) is 0. The van der Waals surface area contributed by atoms with Crippen molar-refractivity contribution < 1.29 is 57.8 Å². The third-order valence-electron chi connectivity index (χ3n) is 2.92. The van der Waals surface area contributed by atoms with E-state index in [1.807, 2.05) is 0 Å². The summed E-state index contributed by atoms with van der Waals surface area (Å²) in [7, 11) is 0. The number of hydrogen-bond acceptors (Lipinski definition) is 3. The minimum absolute atomic E-state index is 0.0232. The maximum Gasteiger partial charge on any atom is 0.462 e. The fourth-order valence-corrected chi connectivity index (χ4v) is 2.00. The highest BCUT2D eigenvalue weighted by Gasteiger charge is 2.79. The van der Waals surface area contributed by atoms with E-state index in [0.717, 1.165) is 0 Å². The van der Waals surface area contributed by atoms with E-state index in [2.05, 4.69) is 25.8 Å². The Morgan fingerprint density at radius 1 is 1.04 bits per heavy atom. The topological polar surface area (TPSA) is 44.1 Å². The van der Waals surface area contributed by atoms with Gasteiger partial charge in [0.25, 0.3) is 0 Å². The van der Waals surface area contributed by atoms with Gasteiger partial charge in [0, 0.05) is 24.0 Å². The van der Waals surface area contributed by atoms with Crippen LogP contribution in [0, 0.1) is 0 Å². The highest BCUT2D eigenvalue weighted by molar-refractivity contribution is 9.08. The predicted octanol–water partition coefficient (Wildman–Crippen LogP) is 4.93. The fourth-order valence-electron chi connectivity index (χ4n) is 1.59. The largest absolute Gasteiger partial charge is 0.462 e. The van der Waals surface area contributed by atoms with E-state index in [1.165, 1.54) is 0 Å². The Balaban J connectivity index is 3.63. The van der Waals surface area contributed by atoms with Crippen LogP contribution in [0.3, 0.4) is 0 Å². The maximum atomic E-state index is 14.4. The molecule has 0 saturated heterocycles. The summed E-state index contributed by atoms with van der Waals surface area (Å²) >= 11 is 2.51. The smallest absolute Gasteiger partial charge is 0.273 e. The second kappa shape index (κ2) is 6.86. The van der Waals surface area contributed by atoms with Crippen LogP contribution in [0.15, 0.2) is 6.20 Å². The normalized spacial score (nSPS) is 16.3. The number of carbonyl (C=O) groups is 1. The zero-order chi connectivity index (χ0) is 21.6. The zero-order valence-electron chi connectivity index (χ0n) is 12.5. The molecule has 1 atom stereocenters. The predicted molar refractivity (Wildman–Crippen MR) is 67.0 cm³/mol. The highest BCUT2D eigenvalue weighted by Crippen LogP contribution is 2.54. The Morgan fingerprint density at radius 3 is 1.85 bits per heavy atom. The van der Waals surface area contributed by atoms with Crippen molar-refractivity contribution in [2.45, 2.75) is 42.5 Å². The molecule has 1 unspecified atom stereocenters. The Hall–Kier alpha value is -1.45. The first kappa shape index (κ1) is 23.6. The van der Waals surface area contributed by atoms with Gasteiger partial charge in [0.1, 0.15) is 5.69 Å². The molecule has 16 heteroatoms. The fraction of sp³-hybridized carbons (Fsp3) is 0.636. The van der Waals surface area contributed by atoms with Crippen LogP contribution in [0.4, 0.5) is 48.3 Å². The van der Waals surface area contributed by atoms with Crippen molar-refractivity contribution in [1.29, 1.82) is 0 Å². The Kier molecular flexibility index (Phi) is 5.99. The second-order valence-corrected chi connectivity index (χ2v) is 5.44. The minimum Gasteiger partial charge on any atom is -0.273 e. The van der Waals surface area contributed by atoms with Crippen molar-refractivity contribution in [2.24, 2.45) is 0 Å². The summed E-state index contributed by atoms with van der Waals surface area (Å²) in [5.41, 5.74) is -3.13. The van der Waals surface area contributed by atoms with Crippen LogP contribution in [0.2, 0.25) is 0 Å². The van der Waals surface area contributed by atoms with Crippen LogP contribution in [0.1, 0.15) is 23.0 Å². The summed E-state index contributed by atoms with van der Waals surface area (Å²) in [5.74, 6) is -14.2.